The van der Waals surface area contributed by atoms with Crippen LogP contribution in [0.1, 0.15) is 24.2 Å². The van der Waals surface area contributed by atoms with Crippen molar-refractivity contribution in [3.8, 4) is 0 Å². The number of hydrogen-bond acceptors (Lipinski definition) is 4. The topological polar surface area (TPSA) is 57.0 Å². The minimum atomic E-state index is 0. The molecule has 28 heavy (non-hydrogen) atoms. The number of anilines is 1. The van der Waals surface area contributed by atoms with Gasteiger partial charge in [0, 0.05) is 38.1 Å². The van der Waals surface area contributed by atoms with Crippen molar-refractivity contribution < 1.29 is 0 Å². The zero-order chi connectivity index (χ0) is 18.6. The van der Waals surface area contributed by atoms with Crippen LogP contribution in [-0.4, -0.2) is 41.5 Å². The quantitative estimate of drug-likeness (QED) is 0.320. The summed E-state index contributed by atoms with van der Waals surface area (Å²) in [5, 5.41) is 10.5. The van der Waals surface area contributed by atoms with Crippen molar-refractivity contribution in [2.24, 2.45) is 4.99 Å². The summed E-state index contributed by atoms with van der Waals surface area (Å²) in [5.74, 6) is 0.846. The molecule has 2 N–H and O–H groups in total. The third kappa shape index (κ3) is 4.78. The van der Waals surface area contributed by atoms with E-state index in [1.54, 1.807) is 0 Å². The molecule has 4 heterocycles. The molecule has 0 radical (unpaired) electrons. The van der Waals surface area contributed by atoms with Crippen LogP contribution in [0.2, 0.25) is 0 Å². The molecular weight excluding hydrogens is 483 g/mol. The number of piperidine rings is 1. The molecule has 150 valence electrons. The van der Waals surface area contributed by atoms with Gasteiger partial charge >= 0.3 is 0 Å². The Labute approximate surface area is 187 Å². The van der Waals surface area contributed by atoms with E-state index in [0.717, 1.165) is 43.2 Å². The van der Waals surface area contributed by atoms with E-state index in [1.165, 1.54) is 10.7 Å². The van der Waals surface area contributed by atoms with Crippen molar-refractivity contribution in [3.05, 3.63) is 53.3 Å². The maximum atomic E-state index is 4.68. The van der Waals surface area contributed by atoms with Crippen LogP contribution in [0.15, 0.2) is 46.9 Å². The van der Waals surface area contributed by atoms with Crippen LogP contribution in [0, 0.1) is 6.92 Å². The van der Waals surface area contributed by atoms with Crippen LogP contribution in [0.4, 0.5) is 5.00 Å². The fraction of sp³-hybridized carbons (Fsp3) is 0.400. The van der Waals surface area contributed by atoms with Gasteiger partial charge in [0.2, 0.25) is 0 Å². The standard InChI is InChI=1S/C20H26N6S.HI/c1-15-5-3-6-18-23-17(14-26(15)18)13-22-20(21-2)24-16-8-10-25(11-9-16)19-7-4-12-27-19;/h3-7,12,14,16H,8-11,13H2,1-2H3,(H2,21,22,24);1H. The Kier molecular flexibility index (Phi) is 7.17. The smallest absolute Gasteiger partial charge is 0.191 e. The summed E-state index contributed by atoms with van der Waals surface area (Å²) in [6.45, 7) is 4.92. The van der Waals surface area contributed by atoms with E-state index in [1.807, 2.05) is 30.5 Å². The largest absolute Gasteiger partial charge is 0.363 e. The van der Waals surface area contributed by atoms with E-state index < -0.39 is 0 Å². The SMILES string of the molecule is CN=C(NCc1cn2c(C)cccc2n1)NC1CCN(c2cccs2)CC1.I. The molecule has 3 aromatic rings. The highest BCUT2D eigenvalue weighted by atomic mass is 127. The van der Waals surface area contributed by atoms with E-state index in [-0.39, 0.29) is 24.0 Å². The normalized spacial score (nSPS) is 15.5. The number of nitrogens with one attached hydrogen (secondary N) is 2. The van der Waals surface area contributed by atoms with Gasteiger partial charge in [0.1, 0.15) is 5.65 Å². The third-order valence-electron chi connectivity index (χ3n) is 5.06. The van der Waals surface area contributed by atoms with Crippen molar-refractivity contribution in [2.75, 3.05) is 25.0 Å². The Morgan fingerprint density at radius 1 is 1.25 bits per heavy atom. The number of rotatable bonds is 4. The average Bonchev–Trinajstić information content (AvgIpc) is 3.36. The summed E-state index contributed by atoms with van der Waals surface area (Å²) >= 11 is 1.82. The molecule has 8 heteroatoms. The van der Waals surface area contributed by atoms with Crippen molar-refractivity contribution in [2.45, 2.75) is 32.4 Å². The number of aromatic nitrogens is 2. The van der Waals surface area contributed by atoms with E-state index in [0.29, 0.717) is 12.6 Å². The van der Waals surface area contributed by atoms with Crippen LogP contribution in [-0.2, 0) is 6.54 Å². The number of nitrogens with zero attached hydrogens (tertiary/aromatic N) is 4. The molecule has 0 spiro atoms. The Morgan fingerprint density at radius 2 is 2.07 bits per heavy atom. The number of hydrogen-bond donors (Lipinski definition) is 2. The lowest BCUT2D eigenvalue weighted by Gasteiger charge is -2.33. The fourth-order valence-corrected chi connectivity index (χ4v) is 4.33. The van der Waals surface area contributed by atoms with Crippen LogP contribution in [0.3, 0.4) is 0 Å². The molecule has 1 fully saturated rings. The maximum Gasteiger partial charge on any atom is 0.191 e. The molecule has 6 nitrogen and oxygen atoms in total. The van der Waals surface area contributed by atoms with Crippen LogP contribution >= 0.6 is 35.3 Å². The maximum absolute atomic E-state index is 4.68. The first-order valence-electron chi connectivity index (χ1n) is 9.42. The number of aryl methyl sites for hydroxylation is 1. The van der Waals surface area contributed by atoms with Crippen molar-refractivity contribution in [1.82, 2.24) is 20.0 Å². The summed E-state index contributed by atoms with van der Waals surface area (Å²) in [6.07, 6.45) is 4.32. The monoisotopic (exact) mass is 510 g/mol. The summed E-state index contributed by atoms with van der Waals surface area (Å²) in [7, 11) is 1.82. The van der Waals surface area contributed by atoms with Gasteiger partial charge in [0.05, 0.1) is 17.2 Å². The highest BCUT2D eigenvalue weighted by Gasteiger charge is 2.20. The first-order valence-corrected chi connectivity index (χ1v) is 10.3. The lowest BCUT2D eigenvalue weighted by atomic mass is 10.1. The second-order valence-electron chi connectivity index (χ2n) is 6.91. The van der Waals surface area contributed by atoms with Crippen LogP contribution < -0.4 is 15.5 Å². The number of fused-ring (bicyclic) bond motifs is 1. The van der Waals surface area contributed by atoms with E-state index >= 15 is 0 Å². The number of guanidine groups is 1. The summed E-state index contributed by atoms with van der Waals surface area (Å²) in [6, 6.07) is 10.9. The van der Waals surface area contributed by atoms with Gasteiger partial charge < -0.3 is 19.9 Å². The lowest BCUT2D eigenvalue weighted by Crippen LogP contribution is -2.48. The fourth-order valence-electron chi connectivity index (χ4n) is 3.54. The molecule has 1 aliphatic rings. The average molecular weight is 510 g/mol. The van der Waals surface area contributed by atoms with Crippen LogP contribution in [0.25, 0.3) is 5.65 Å². The molecule has 0 saturated carbocycles. The third-order valence-corrected chi connectivity index (χ3v) is 5.99. The van der Waals surface area contributed by atoms with Gasteiger partial charge in [-0.15, -0.1) is 35.3 Å². The molecule has 0 unspecified atom stereocenters. The molecule has 1 aliphatic heterocycles. The van der Waals surface area contributed by atoms with Crippen molar-refractivity contribution in [1.29, 1.82) is 0 Å². The van der Waals surface area contributed by atoms with Crippen molar-refractivity contribution in [3.63, 3.8) is 0 Å². The molecule has 1 saturated heterocycles. The van der Waals surface area contributed by atoms with E-state index in [2.05, 4.69) is 66.6 Å². The predicted molar refractivity (Wildman–Crippen MR) is 128 cm³/mol. The summed E-state index contributed by atoms with van der Waals surface area (Å²) in [4.78, 5) is 11.5. The molecule has 3 aromatic heterocycles. The Morgan fingerprint density at radius 3 is 2.75 bits per heavy atom. The van der Waals surface area contributed by atoms with Gasteiger partial charge in [-0.05, 0) is 49.4 Å². The first-order chi connectivity index (χ1) is 13.2. The zero-order valence-corrected chi connectivity index (χ0v) is 19.4. The molecule has 0 aliphatic carbocycles. The Balaban J connectivity index is 0.00000225. The number of halogens is 1. The van der Waals surface area contributed by atoms with Crippen molar-refractivity contribution >= 4 is 51.9 Å². The van der Waals surface area contributed by atoms with Gasteiger partial charge in [0.15, 0.2) is 5.96 Å². The summed E-state index contributed by atoms with van der Waals surface area (Å²) in [5.41, 5.74) is 3.18. The van der Waals surface area contributed by atoms with Gasteiger partial charge in [0.25, 0.3) is 0 Å². The number of thiophene rings is 1. The predicted octanol–water partition coefficient (Wildman–Crippen LogP) is 3.66. The Bertz CT molecular complexity index is 912. The molecule has 0 bridgehead atoms. The lowest BCUT2D eigenvalue weighted by molar-refractivity contribution is 0.462. The number of imidazole rings is 1. The van der Waals surface area contributed by atoms with Gasteiger partial charge in [-0.3, -0.25) is 4.99 Å². The number of pyridine rings is 1. The highest BCUT2D eigenvalue weighted by molar-refractivity contribution is 14.0. The number of aliphatic imine (C=N–C) groups is 1. The second kappa shape index (κ2) is 9.60. The summed E-state index contributed by atoms with van der Waals surface area (Å²) < 4.78 is 2.12. The first kappa shape index (κ1) is 20.9. The highest BCUT2D eigenvalue weighted by Crippen LogP contribution is 2.24. The molecule has 0 amide bonds. The molecular formula is C20H27IN6S. The minimum absolute atomic E-state index is 0. The molecule has 4 rings (SSSR count). The zero-order valence-electron chi connectivity index (χ0n) is 16.3. The van der Waals surface area contributed by atoms with Crippen LogP contribution in [0.5, 0.6) is 0 Å². The van der Waals surface area contributed by atoms with E-state index in [9.17, 15) is 0 Å². The van der Waals surface area contributed by atoms with Gasteiger partial charge in [-0.25, -0.2) is 4.98 Å². The minimum Gasteiger partial charge on any atom is -0.363 e. The van der Waals surface area contributed by atoms with Gasteiger partial charge in [-0.2, -0.15) is 0 Å². The van der Waals surface area contributed by atoms with E-state index in [4.69, 9.17) is 0 Å². The van der Waals surface area contributed by atoms with Gasteiger partial charge in [-0.1, -0.05) is 6.07 Å². The Hall–Kier alpha value is -1.81. The molecule has 0 atom stereocenters. The second-order valence-corrected chi connectivity index (χ2v) is 7.84. The molecule has 0 aromatic carbocycles.